The first-order valence-corrected chi connectivity index (χ1v) is 11.2. The van der Waals surface area contributed by atoms with Crippen LogP contribution in [0.1, 0.15) is 70.4 Å². The molecule has 174 valence electrons. The van der Waals surface area contributed by atoms with Gasteiger partial charge in [0.1, 0.15) is 12.7 Å². The van der Waals surface area contributed by atoms with Gasteiger partial charge < -0.3 is 26.0 Å². The van der Waals surface area contributed by atoms with Crippen LogP contribution in [0.15, 0.2) is 24.3 Å². The fraction of sp³-hybridized carbons (Fsp3) is 0.667. The Kier molecular flexibility index (Phi) is 9.47. The lowest BCUT2D eigenvalue weighted by Gasteiger charge is -2.27. The topological polar surface area (TPSA) is 122 Å². The highest BCUT2D eigenvalue weighted by Gasteiger charge is 2.30. The summed E-state index contributed by atoms with van der Waals surface area (Å²) in [6.07, 6.45) is 4.76. The number of amides is 1. The molecule has 0 spiro atoms. The molecule has 0 heterocycles. The van der Waals surface area contributed by atoms with Gasteiger partial charge in [0.05, 0.1) is 6.61 Å². The molecule has 0 bridgehead atoms. The third-order valence-corrected chi connectivity index (χ3v) is 5.99. The predicted octanol–water partition coefficient (Wildman–Crippen LogP) is 2.16. The van der Waals surface area contributed by atoms with Crippen LogP contribution < -0.4 is 11.1 Å². The monoisotopic (exact) mass is 434 g/mol. The number of aliphatic hydroxyl groups excluding tert-OH is 2. The van der Waals surface area contributed by atoms with Gasteiger partial charge in [0.2, 0.25) is 0 Å². The van der Waals surface area contributed by atoms with Crippen molar-refractivity contribution < 1.29 is 24.5 Å². The molecule has 5 N–H and O–H groups in total. The molecular weight excluding hydrogens is 396 g/mol. The maximum absolute atomic E-state index is 12.3. The van der Waals surface area contributed by atoms with Gasteiger partial charge in [-0.2, -0.15) is 0 Å². The number of carbonyl (C=O) groups is 2. The van der Waals surface area contributed by atoms with Crippen LogP contribution in [0.25, 0.3) is 0 Å². The Balaban J connectivity index is 1.83. The third kappa shape index (κ3) is 7.91. The van der Waals surface area contributed by atoms with Crippen molar-refractivity contribution in [1.29, 1.82) is 0 Å². The molecule has 1 saturated carbocycles. The maximum atomic E-state index is 12.3. The highest BCUT2D eigenvalue weighted by molar-refractivity contribution is 5.87. The van der Waals surface area contributed by atoms with E-state index in [0.717, 1.165) is 31.2 Å². The molecule has 1 aliphatic rings. The van der Waals surface area contributed by atoms with Crippen molar-refractivity contribution in [2.45, 2.75) is 89.5 Å². The summed E-state index contributed by atoms with van der Waals surface area (Å²) < 4.78 is 5.24. The molecular formula is C24H38N2O5. The molecule has 0 radical (unpaired) electrons. The second-order valence-corrected chi connectivity index (χ2v) is 9.65. The average molecular weight is 435 g/mol. The van der Waals surface area contributed by atoms with Crippen LogP contribution in [-0.2, 0) is 26.3 Å². The molecule has 0 aromatic heterocycles. The summed E-state index contributed by atoms with van der Waals surface area (Å²) in [7, 11) is 0. The first kappa shape index (κ1) is 25.3. The smallest absolute Gasteiger partial charge is 0.331 e. The minimum atomic E-state index is -1.44. The lowest BCUT2D eigenvalue weighted by atomic mass is 9.84. The normalized spacial score (nSPS) is 18.1. The van der Waals surface area contributed by atoms with Gasteiger partial charge in [0, 0.05) is 6.04 Å². The lowest BCUT2D eigenvalue weighted by molar-refractivity contribution is -0.151. The second-order valence-electron chi connectivity index (χ2n) is 9.65. The molecule has 0 aliphatic heterocycles. The number of nitrogens with one attached hydrogen (secondary N) is 1. The molecule has 1 aromatic rings. The SMILES string of the molecule is CC(C)(C)c1ccc(COC(=O)C(CO)NC(=O)[C@H](O)[C@H](N)CC2CCCCC2)cc1. The van der Waals surface area contributed by atoms with Crippen molar-refractivity contribution >= 4 is 11.9 Å². The van der Waals surface area contributed by atoms with Crippen LogP contribution >= 0.6 is 0 Å². The number of rotatable bonds is 9. The van der Waals surface area contributed by atoms with Crippen LogP contribution in [-0.4, -0.2) is 46.9 Å². The van der Waals surface area contributed by atoms with E-state index < -0.39 is 36.7 Å². The van der Waals surface area contributed by atoms with Crippen LogP contribution in [0.2, 0.25) is 0 Å². The van der Waals surface area contributed by atoms with Crippen LogP contribution in [0.5, 0.6) is 0 Å². The van der Waals surface area contributed by atoms with Gasteiger partial charge in [0.25, 0.3) is 5.91 Å². The van der Waals surface area contributed by atoms with Crippen molar-refractivity contribution in [3.05, 3.63) is 35.4 Å². The summed E-state index contributed by atoms with van der Waals surface area (Å²) in [5.74, 6) is -1.12. The number of carbonyl (C=O) groups excluding carboxylic acids is 2. The van der Waals surface area contributed by atoms with Crippen LogP contribution in [0.4, 0.5) is 0 Å². The standard InChI is InChI=1S/C24H38N2O5/c1-24(2,3)18-11-9-17(10-12-18)15-31-23(30)20(14-27)26-22(29)21(28)19(25)13-16-7-5-4-6-8-16/h9-12,16,19-21,27-28H,4-8,13-15,25H2,1-3H3,(H,26,29)/t19-,20?,21-/m1/s1. The molecule has 3 atom stereocenters. The molecule has 1 unspecified atom stereocenters. The van der Waals surface area contributed by atoms with Crippen molar-refractivity contribution in [1.82, 2.24) is 5.32 Å². The van der Waals surface area contributed by atoms with E-state index in [1.54, 1.807) is 0 Å². The minimum absolute atomic E-state index is 0.0272. The highest BCUT2D eigenvalue weighted by Crippen LogP contribution is 2.27. The average Bonchev–Trinajstić information content (AvgIpc) is 2.75. The van der Waals surface area contributed by atoms with E-state index in [0.29, 0.717) is 12.3 Å². The minimum Gasteiger partial charge on any atom is -0.459 e. The first-order chi connectivity index (χ1) is 14.6. The molecule has 7 heteroatoms. The van der Waals surface area contributed by atoms with Crippen LogP contribution in [0.3, 0.4) is 0 Å². The Morgan fingerprint density at radius 3 is 2.32 bits per heavy atom. The van der Waals surface area contributed by atoms with Crippen LogP contribution in [0, 0.1) is 5.92 Å². The van der Waals surface area contributed by atoms with Gasteiger partial charge in [0.15, 0.2) is 6.04 Å². The zero-order valence-electron chi connectivity index (χ0n) is 19.0. The van der Waals surface area contributed by atoms with E-state index in [1.807, 2.05) is 24.3 Å². The van der Waals surface area contributed by atoms with E-state index in [2.05, 4.69) is 26.1 Å². The number of benzene rings is 1. The number of esters is 1. The zero-order valence-corrected chi connectivity index (χ0v) is 19.0. The summed E-state index contributed by atoms with van der Waals surface area (Å²) in [4.78, 5) is 24.7. The van der Waals surface area contributed by atoms with Gasteiger partial charge in [-0.15, -0.1) is 0 Å². The molecule has 1 amide bonds. The summed E-state index contributed by atoms with van der Waals surface area (Å²) in [5.41, 5.74) is 8.03. The molecule has 0 saturated heterocycles. The van der Waals surface area contributed by atoms with E-state index in [4.69, 9.17) is 10.5 Å². The summed E-state index contributed by atoms with van der Waals surface area (Å²) in [6.45, 7) is 5.75. The van der Waals surface area contributed by atoms with E-state index in [1.165, 1.54) is 12.0 Å². The van der Waals surface area contributed by atoms with Crippen molar-refractivity contribution in [2.75, 3.05) is 6.61 Å². The van der Waals surface area contributed by atoms with Crippen molar-refractivity contribution in [3.8, 4) is 0 Å². The van der Waals surface area contributed by atoms with E-state index in [-0.39, 0.29) is 12.0 Å². The fourth-order valence-electron chi connectivity index (χ4n) is 3.92. The number of hydrogen-bond acceptors (Lipinski definition) is 6. The quantitative estimate of drug-likeness (QED) is 0.442. The largest absolute Gasteiger partial charge is 0.459 e. The Labute approximate surface area is 185 Å². The summed E-state index contributed by atoms with van der Waals surface area (Å²) in [6, 6.07) is 5.78. The summed E-state index contributed by atoms with van der Waals surface area (Å²) >= 11 is 0. The summed E-state index contributed by atoms with van der Waals surface area (Å²) in [5, 5.41) is 22.1. The molecule has 1 fully saturated rings. The highest BCUT2D eigenvalue weighted by atomic mass is 16.5. The second kappa shape index (κ2) is 11.6. The molecule has 1 aromatic carbocycles. The van der Waals surface area contributed by atoms with E-state index >= 15 is 0 Å². The van der Waals surface area contributed by atoms with Gasteiger partial charge in [-0.25, -0.2) is 4.79 Å². The van der Waals surface area contributed by atoms with Gasteiger partial charge in [-0.3, -0.25) is 4.79 Å². The number of hydrogen-bond donors (Lipinski definition) is 4. The van der Waals surface area contributed by atoms with Gasteiger partial charge >= 0.3 is 5.97 Å². The molecule has 31 heavy (non-hydrogen) atoms. The Bertz CT molecular complexity index is 708. The zero-order chi connectivity index (χ0) is 23.0. The first-order valence-electron chi connectivity index (χ1n) is 11.2. The number of nitrogens with two attached hydrogens (primary N) is 1. The van der Waals surface area contributed by atoms with Gasteiger partial charge in [-0.05, 0) is 28.9 Å². The predicted molar refractivity (Wildman–Crippen MR) is 119 cm³/mol. The third-order valence-electron chi connectivity index (χ3n) is 5.99. The Morgan fingerprint density at radius 2 is 1.77 bits per heavy atom. The van der Waals surface area contributed by atoms with Crippen molar-refractivity contribution in [2.24, 2.45) is 11.7 Å². The van der Waals surface area contributed by atoms with Gasteiger partial charge in [-0.1, -0.05) is 77.1 Å². The van der Waals surface area contributed by atoms with Crippen molar-refractivity contribution in [3.63, 3.8) is 0 Å². The Hall–Kier alpha value is -1.96. The maximum Gasteiger partial charge on any atom is 0.331 e. The molecule has 2 rings (SSSR count). The number of ether oxygens (including phenoxy) is 1. The Morgan fingerprint density at radius 1 is 1.16 bits per heavy atom. The lowest BCUT2D eigenvalue weighted by Crippen LogP contribution is -2.53. The van der Waals surface area contributed by atoms with E-state index in [9.17, 15) is 19.8 Å². The molecule has 1 aliphatic carbocycles. The number of aliphatic hydroxyl groups is 2. The fourth-order valence-corrected chi connectivity index (χ4v) is 3.92. The molecule has 7 nitrogen and oxygen atoms in total.